The van der Waals surface area contributed by atoms with Crippen LogP contribution in [0.1, 0.15) is 12.0 Å². The number of hydrogen-bond donors (Lipinski definition) is 2. The summed E-state index contributed by atoms with van der Waals surface area (Å²) in [6.07, 6.45) is 0.659. The summed E-state index contributed by atoms with van der Waals surface area (Å²) in [5.41, 5.74) is 0.0108. The molecular formula is C11H17N3O4S. The normalized spacial score (nSPS) is 11.4. The van der Waals surface area contributed by atoms with E-state index in [1.165, 1.54) is 18.2 Å². The Balaban J connectivity index is 2.70. The summed E-state index contributed by atoms with van der Waals surface area (Å²) in [4.78, 5) is 10.2. The summed E-state index contributed by atoms with van der Waals surface area (Å²) in [5, 5.41) is 13.7. The van der Waals surface area contributed by atoms with E-state index in [-0.39, 0.29) is 17.0 Å². The number of rotatable bonds is 8. The van der Waals surface area contributed by atoms with Crippen LogP contribution in [0.2, 0.25) is 0 Å². The van der Waals surface area contributed by atoms with Crippen molar-refractivity contribution in [2.75, 3.05) is 20.1 Å². The van der Waals surface area contributed by atoms with E-state index in [1.54, 1.807) is 13.1 Å². The summed E-state index contributed by atoms with van der Waals surface area (Å²) < 4.78 is 26.0. The largest absolute Gasteiger partial charge is 0.320 e. The number of para-hydroxylation sites is 1. The second-order valence-corrected chi connectivity index (χ2v) is 5.80. The minimum Gasteiger partial charge on any atom is -0.320 e. The van der Waals surface area contributed by atoms with E-state index in [0.717, 1.165) is 0 Å². The monoisotopic (exact) mass is 287 g/mol. The average molecular weight is 287 g/mol. The highest BCUT2D eigenvalue weighted by Crippen LogP contribution is 2.19. The van der Waals surface area contributed by atoms with Crippen LogP contribution in [0.4, 0.5) is 5.69 Å². The Hall–Kier alpha value is -1.51. The second kappa shape index (κ2) is 7.17. The molecule has 0 saturated carbocycles. The lowest BCUT2D eigenvalue weighted by Crippen LogP contribution is -2.28. The molecule has 0 aromatic heterocycles. The summed E-state index contributed by atoms with van der Waals surface area (Å²) in [7, 11) is -1.77. The lowest BCUT2D eigenvalue weighted by Gasteiger charge is -2.07. The standard InChI is InChI=1S/C11H17N3O4S/c1-12-7-4-8-13-19(17,18)9-10-5-2-3-6-11(10)14(15)16/h2-3,5-6,12-13H,4,7-9H2,1H3. The van der Waals surface area contributed by atoms with E-state index < -0.39 is 14.9 Å². The van der Waals surface area contributed by atoms with Gasteiger partial charge in [0.05, 0.1) is 10.7 Å². The quantitative estimate of drug-likeness (QED) is 0.415. The third-order valence-corrected chi connectivity index (χ3v) is 3.79. The molecule has 7 nitrogen and oxygen atoms in total. The van der Waals surface area contributed by atoms with E-state index in [4.69, 9.17) is 0 Å². The molecule has 19 heavy (non-hydrogen) atoms. The molecule has 0 unspecified atom stereocenters. The Morgan fingerprint density at radius 2 is 1.95 bits per heavy atom. The molecule has 0 amide bonds. The molecule has 0 aliphatic rings. The van der Waals surface area contributed by atoms with Gasteiger partial charge in [0, 0.05) is 18.2 Å². The van der Waals surface area contributed by atoms with Gasteiger partial charge in [-0.3, -0.25) is 10.1 Å². The van der Waals surface area contributed by atoms with Crippen LogP contribution in [-0.2, 0) is 15.8 Å². The number of benzene rings is 1. The Kier molecular flexibility index (Phi) is 5.87. The number of hydrogen-bond acceptors (Lipinski definition) is 5. The molecule has 0 heterocycles. The van der Waals surface area contributed by atoms with Crippen LogP contribution < -0.4 is 10.0 Å². The average Bonchev–Trinajstić information content (AvgIpc) is 2.34. The fourth-order valence-corrected chi connectivity index (χ4v) is 2.77. The maximum Gasteiger partial charge on any atom is 0.273 e. The number of nitro benzene ring substituents is 1. The van der Waals surface area contributed by atoms with Crippen LogP contribution in [0.15, 0.2) is 24.3 Å². The second-order valence-electron chi connectivity index (χ2n) is 4.00. The topological polar surface area (TPSA) is 101 Å². The summed E-state index contributed by atoms with van der Waals surface area (Å²) in [5.74, 6) is -0.385. The van der Waals surface area contributed by atoms with Crippen molar-refractivity contribution < 1.29 is 13.3 Å². The molecule has 0 bridgehead atoms. The fourth-order valence-electron chi connectivity index (χ4n) is 1.56. The first-order valence-electron chi connectivity index (χ1n) is 5.80. The van der Waals surface area contributed by atoms with Crippen molar-refractivity contribution in [3.8, 4) is 0 Å². The Morgan fingerprint density at radius 3 is 2.58 bits per heavy atom. The Labute approximate surface area is 112 Å². The van der Waals surface area contributed by atoms with Gasteiger partial charge in [-0.15, -0.1) is 0 Å². The maximum absolute atomic E-state index is 11.8. The molecule has 1 aromatic carbocycles. The summed E-state index contributed by atoms with van der Waals surface area (Å²) >= 11 is 0. The molecule has 0 fully saturated rings. The third kappa shape index (κ3) is 5.33. The molecule has 106 valence electrons. The number of nitrogens with zero attached hydrogens (tertiary/aromatic N) is 1. The fraction of sp³-hybridized carbons (Fsp3) is 0.455. The van der Waals surface area contributed by atoms with Crippen molar-refractivity contribution in [1.29, 1.82) is 0 Å². The predicted octanol–water partition coefficient (Wildman–Crippen LogP) is 0.624. The molecule has 0 radical (unpaired) electrons. The van der Waals surface area contributed by atoms with E-state index in [0.29, 0.717) is 19.5 Å². The van der Waals surface area contributed by atoms with E-state index in [9.17, 15) is 18.5 Å². The minimum absolute atomic E-state index is 0.178. The van der Waals surface area contributed by atoms with E-state index in [2.05, 4.69) is 10.0 Å². The number of nitrogens with one attached hydrogen (secondary N) is 2. The lowest BCUT2D eigenvalue weighted by atomic mass is 10.2. The van der Waals surface area contributed by atoms with Crippen LogP contribution in [-0.4, -0.2) is 33.5 Å². The highest BCUT2D eigenvalue weighted by Gasteiger charge is 2.19. The van der Waals surface area contributed by atoms with Crippen LogP contribution in [0.3, 0.4) is 0 Å². The molecule has 8 heteroatoms. The van der Waals surface area contributed by atoms with E-state index in [1.807, 2.05) is 0 Å². The summed E-state index contributed by atoms with van der Waals surface area (Å²) in [6.45, 7) is 1.01. The molecule has 0 aliphatic heterocycles. The van der Waals surface area contributed by atoms with Crippen molar-refractivity contribution >= 4 is 15.7 Å². The van der Waals surface area contributed by atoms with Crippen molar-refractivity contribution in [1.82, 2.24) is 10.0 Å². The van der Waals surface area contributed by atoms with Gasteiger partial charge in [-0.1, -0.05) is 18.2 Å². The van der Waals surface area contributed by atoms with Gasteiger partial charge >= 0.3 is 0 Å². The number of nitro groups is 1. The Morgan fingerprint density at radius 1 is 1.26 bits per heavy atom. The van der Waals surface area contributed by atoms with Gasteiger partial charge in [-0.2, -0.15) is 0 Å². The molecule has 0 atom stereocenters. The van der Waals surface area contributed by atoms with Crippen LogP contribution in [0.25, 0.3) is 0 Å². The first kappa shape index (κ1) is 15.5. The molecule has 0 saturated heterocycles. The highest BCUT2D eigenvalue weighted by molar-refractivity contribution is 7.88. The first-order valence-corrected chi connectivity index (χ1v) is 7.46. The molecule has 1 rings (SSSR count). The Bertz CT molecular complexity index is 530. The van der Waals surface area contributed by atoms with Gasteiger partial charge in [0.1, 0.15) is 0 Å². The van der Waals surface area contributed by atoms with Gasteiger partial charge in [0.2, 0.25) is 10.0 Å². The van der Waals surface area contributed by atoms with E-state index >= 15 is 0 Å². The zero-order valence-electron chi connectivity index (χ0n) is 10.6. The zero-order valence-corrected chi connectivity index (χ0v) is 11.4. The molecular weight excluding hydrogens is 270 g/mol. The van der Waals surface area contributed by atoms with Gasteiger partial charge in [-0.05, 0) is 20.0 Å². The van der Waals surface area contributed by atoms with Gasteiger partial charge in [0.15, 0.2) is 0 Å². The van der Waals surface area contributed by atoms with Crippen LogP contribution >= 0.6 is 0 Å². The number of sulfonamides is 1. The van der Waals surface area contributed by atoms with Crippen molar-refractivity contribution in [2.24, 2.45) is 0 Å². The van der Waals surface area contributed by atoms with Crippen LogP contribution in [0.5, 0.6) is 0 Å². The molecule has 2 N–H and O–H groups in total. The lowest BCUT2D eigenvalue weighted by molar-refractivity contribution is -0.385. The predicted molar refractivity (Wildman–Crippen MR) is 72.3 cm³/mol. The minimum atomic E-state index is -3.55. The third-order valence-electron chi connectivity index (χ3n) is 2.46. The van der Waals surface area contributed by atoms with Crippen molar-refractivity contribution in [3.63, 3.8) is 0 Å². The highest BCUT2D eigenvalue weighted by atomic mass is 32.2. The zero-order chi connectivity index (χ0) is 14.3. The molecule has 1 aromatic rings. The molecule has 0 aliphatic carbocycles. The van der Waals surface area contributed by atoms with Crippen molar-refractivity contribution in [3.05, 3.63) is 39.9 Å². The van der Waals surface area contributed by atoms with Crippen LogP contribution in [0, 0.1) is 10.1 Å². The molecule has 0 spiro atoms. The van der Waals surface area contributed by atoms with Gasteiger partial charge < -0.3 is 5.32 Å². The van der Waals surface area contributed by atoms with Gasteiger partial charge in [0.25, 0.3) is 5.69 Å². The smallest absolute Gasteiger partial charge is 0.273 e. The van der Waals surface area contributed by atoms with Gasteiger partial charge in [-0.25, -0.2) is 13.1 Å². The first-order chi connectivity index (χ1) is 8.96. The maximum atomic E-state index is 11.8. The SMILES string of the molecule is CNCCCNS(=O)(=O)Cc1ccccc1[N+](=O)[O-]. The summed E-state index contributed by atoms with van der Waals surface area (Å²) in [6, 6.07) is 5.84. The van der Waals surface area contributed by atoms with Crippen molar-refractivity contribution in [2.45, 2.75) is 12.2 Å².